The van der Waals surface area contributed by atoms with E-state index < -0.39 is 9.75 Å². The molecule has 0 heterocycles. The monoisotopic (exact) mass is 603 g/mol. The first kappa shape index (κ1) is 24.0. The van der Waals surface area contributed by atoms with Crippen molar-refractivity contribution in [2.75, 3.05) is 0 Å². The minimum atomic E-state index is -0.967. The largest absolute Gasteiger partial charge is 0.349 e. The Morgan fingerprint density at radius 2 is 1.74 bits per heavy atom. The summed E-state index contributed by atoms with van der Waals surface area (Å²) in [6.07, 6.45) is 0.625. The molecule has 2 nitrogen and oxygen atoms in total. The molecule has 23 heavy (non-hydrogen) atoms. The number of nitrogens with one attached hydrogen (secondary N) is 1. The number of hydrogen-bond donors (Lipinski definition) is 1. The van der Waals surface area contributed by atoms with Gasteiger partial charge < -0.3 is 5.32 Å². The molecule has 1 saturated carbocycles. The van der Waals surface area contributed by atoms with Gasteiger partial charge in [0.05, 0.1) is 11.5 Å². The highest BCUT2D eigenvalue weighted by Gasteiger charge is 2.76. The molecule has 3 unspecified atom stereocenters. The molecular weight excluding hydrogens is 582 g/mol. The molecule has 7 heteroatoms. The number of benzene rings is 1. The third-order valence-corrected chi connectivity index (χ3v) is 6.06. The van der Waals surface area contributed by atoms with E-state index in [1.807, 2.05) is 45.0 Å². The van der Waals surface area contributed by atoms with Crippen molar-refractivity contribution in [1.82, 2.24) is 5.32 Å². The molecule has 1 amide bonds. The maximum Gasteiger partial charge on any atom is 0.230 e. The summed E-state index contributed by atoms with van der Waals surface area (Å²) >= 11 is 22.6. The minimum absolute atomic E-state index is 0. The van der Waals surface area contributed by atoms with Crippen molar-refractivity contribution in [2.24, 2.45) is 11.3 Å². The predicted molar refractivity (Wildman–Crippen MR) is 119 cm³/mol. The van der Waals surface area contributed by atoms with E-state index >= 15 is 0 Å². The lowest BCUT2D eigenvalue weighted by Crippen LogP contribution is -2.36. The number of carbonyl (C=O) groups is 1. The molecule has 1 fully saturated rings. The Bertz CT molecular complexity index is 525. The summed E-state index contributed by atoms with van der Waals surface area (Å²) in [7, 11) is 0. The molecule has 0 saturated heterocycles. The zero-order valence-electron chi connectivity index (χ0n) is 12.5. The average Bonchev–Trinajstić information content (AvgIpc) is 2.95. The van der Waals surface area contributed by atoms with Crippen LogP contribution in [0, 0.1) is 11.3 Å². The summed E-state index contributed by atoms with van der Waals surface area (Å²) < 4.78 is -0.967. The summed E-state index contributed by atoms with van der Waals surface area (Å²) in [5.74, 6) is -0.124. The topological polar surface area (TPSA) is 29.1 Å². The third-order valence-electron chi connectivity index (χ3n) is 4.47. The molecule has 1 aromatic carbocycles. The molecule has 3 atom stereocenters. The molecule has 1 aliphatic carbocycles. The van der Waals surface area contributed by atoms with Crippen molar-refractivity contribution < 1.29 is 4.79 Å². The second kappa shape index (κ2) is 9.64. The van der Waals surface area contributed by atoms with Gasteiger partial charge in [-0.1, -0.05) is 45.0 Å². The van der Waals surface area contributed by atoms with Crippen LogP contribution >= 0.6 is 72.0 Å². The van der Waals surface area contributed by atoms with Gasteiger partial charge in [-0.2, -0.15) is 0 Å². The predicted octanol–water partition coefficient (Wildman–Crippen LogP) is 7.14. The van der Waals surface area contributed by atoms with Crippen molar-refractivity contribution >= 4 is 77.9 Å². The van der Waals surface area contributed by atoms with E-state index in [0.29, 0.717) is 11.4 Å². The molecule has 0 bridgehead atoms. The molecule has 1 aromatic rings. The van der Waals surface area contributed by atoms with Crippen molar-refractivity contribution in [3.05, 3.63) is 34.9 Å². The summed E-state index contributed by atoms with van der Waals surface area (Å²) in [6, 6.07) is 7.30. The van der Waals surface area contributed by atoms with E-state index in [4.69, 9.17) is 34.8 Å². The number of rotatable bonds is 4. The van der Waals surface area contributed by atoms with Gasteiger partial charge in [-0.25, -0.2) is 0 Å². The summed E-state index contributed by atoms with van der Waals surface area (Å²) in [5, 5.41) is 3.68. The standard InChI is InChI=1S/C15H18Cl3NO.CH4.I2/c1-4-14(10(3)15(14,17)18)13(20)19-9(2)11-5-7-12(16)8-6-11;;1-2/h5-10H,4H2,1-3H3,(H,19,20);1H4;. The van der Waals surface area contributed by atoms with Crippen LogP contribution in [0.3, 0.4) is 0 Å². The summed E-state index contributed by atoms with van der Waals surface area (Å²) in [5.41, 5.74) is 0.314. The smallest absolute Gasteiger partial charge is 0.230 e. The van der Waals surface area contributed by atoms with Crippen molar-refractivity contribution in [3.8, 4) is 0 Å². The molecule has 0 aromatic heterocycles. The fraction of sp³-hybridized carbons (Fsp3) is 0.562. The first-order valence-corrected chi connectivity index (χ1v) is 14.3. The number of carbonyl (C=O) groups excluding carboxylic acids is 1. The normalized spacial score (nSPS) is 25.3. The second-order valence-corrected chi connectivity index (χ2v) is 7.24. The first-order chi connectivity index (χ1) is 10.3. The minimum Gasteiger partial charge on any atom is -0.349 e. The Morgan fingerprint density at radius 1 is 1.30 bits per heavy atom. The third kappa shape index (κ3) is 4.60. The maximum atomic E-state index is 12.5. The van der Waals surface area contributed by atoms with Gasteiger partial charge in [0, 0.05) is 48.2 Å². The molecule has 1 N–H and O–H groups in total. The number of amides is 1. The lowest BCUT2D eigenvalue weighted by atomic mass is 9.98. The van der Waals surface area contributed by atoms with Crippen LogP contribution in [0.1, 0.15) is 46.2 Å². The van der Waals surface area contributed by atoms with Gasteiger partial charge in [-0.05, 0) is 31.0 Å². The Kier molecular flexibility index (Phi) is 10.1. The lowest BCUT2D eigenvalue weighted by Gasteiger charge is -2.20. The Labute approximate surface area is 177 Å². The highest BCUT2D eigenvalue weighted by molar-refractivity contribution is 15.0. The van der Waals surface area contributed by atoms with Gasteiger partial charge in [0.25, 0.3) is 0 Å². The quantitative estimate of drug-likeness (QED) is 0.287. The van der Waals surface area contributed by atoms with E-state index in [2.05, 4.69) is 42.5 Å². The molecule has 2 rings (SSSR count). The van der Waals surface area contributed by atoms with Gasteiger partial charge >= 0.3 is 0 Å². The van der Waals surface area contributed by atoms with Crippen molar-refractivity contribution in [3.63, 3.8) is 0 Å². The van der Waals surface area contributed by atoms with Gasteiger partial charge in [-0.3, -0.25) is 4.79 Å². The SMILES string of the molecule is C.CCC1(C(=O)NC(C)c2ccc(Cl)cc2)C(C)C1(Cl)Cl.II. The van der Waals surface area contributed by atoms with Crippen LogP contribution in [0.5, 0.6) is 0 Å². The molecule has 0 radical (unpaired) electrons. The van der Waals surface area contributed by atoms with Gasteiger partial charge in [0.2, 0.25) is 5.91 Å². The number of hydrogen-bond acceptors (Lipinski definition) is 1. The zero-order valence-corrected chi connectivity index (χ0v) is 19.1. The van der Waals surface area contributed by atoms with E-state index in [-0.39, 0.29) is 25.3 Å². The van der Waals surface area contributed by atoms with Crippen LogP contribution in [0.2, 0.25) is 5.02 Å². The van der Waals surface area contributed by atoms with Crippen LogP contribution in [0.15, 0.2) is 24.3 Å². The Balaban J connectivity index is 0.00000155. The van der Waals surface area contributed by atoms with Gasteiger partial charge in [0.1, 0.15) is 4.33 Å². The molecule has 132 valence electrons. The summed E-state index contributed by atoms with van der Waals surface area (Å²) in [4.78, 5) is 12.5. The van der Waals surface area contributed by atoms with Crippen molar-refractivity contribution in [2.45, 2.75) is 45.0 Å². The Morgan fingerprint density at radius 3 is 2.09 bits per heavy atom. The maximum absolute atomic E-state index is 12.5. The Hall–Kier alpha value is 1.02. The van der Waals surface area contributed by atoms with E-state index in [9.17, 15) is 4.79 Å². The molecule has 0 spiro atoms. The highest BCUT2D eigenvalue weighted by Crippen LogP contribution is 2.70. The van der Waals surface area contributed by atoms with Crippen LogP contribution in [0.25, 0.3) is 0 Å². The van der Waals surface area contributed by atoms with Gasteiger partial charge in [0.15, 0.2) is 0 Å². The van der Waals surface area contributed by atoms with Gasteiger partial charge in [-0.15, -0.1) is 23.2 Å². The van der Waals surface area contributed by atoms with E-state index in [0.717, 1.165) is 5.56 Å². The molecule has 0 aliphatic heterocycles. The van der Waals surface area contributed by atoms with Crippen LogP contribution in [-0.2, 0) is 4.79 Å². The fourth-order valence-electron chi connectivity index (χ4n) is 2.85. The van der Waals surface area contributed by atoms with Crippen LogP contribution in [-0.4, -0.2) is 10.2 Å². The lowest BCUT2D eigenvalue weighted by molar-refractivity contribution is -0.127. The average molecular weight is 605 g/mol. The zero-order chi connectivity index (χ0) is 17.1. The fourth-order valence-corrected chi connectivity index (χ4v) is 4.01. The highest BCUT2D eigenvalue weighted by atomic mass is 128. The van der Waals surface area contributed by atoms with E-state index in [1.165, 1.54) is 0 Å². The summed E-state index contributed by atoms with van der Waals surface area (Å²) in [6.45, 7) is 5.78. The van der Waals surface area contributed by atoms with Crippen LogP contribution < -0.4 is 5.32 Å². The molecular formula is C16H22Cl3I2NO. The first-order valence-electron chi connectivity index (χ1n) is 6.86. The number of alkyl halides is 2. The van der Waals surface area contributed by atoms with E-state index in [1.54, 1.807) is 0 Å². The number of halogens is 5. The molecule has 1 aliphatic rings. The second-order valence-electron chi connectivity index (χ2n) is 5.42. The van der Waals surface area contributed by atoms with Crippen molar-refractivity contribution in [1.29, 1.82) is 0 Å². The van der Waals surface area contributed by atoms with Crippen LogP contribution in [0.4, 0.5) is 0 Å².